The topological polar surface area (TPSA) is 71.1 Å². The molecule has 0 aromatic heterocycles. The van der Waals surface area contributed by atoms with E-state index >= 15 is 0 Å². The highest BCUT2D eigenvalue weighted by molar-refractivity contribution is 7.80. The number of hydrogen-bond acceptors (Lipinski definition) is 5. The number of hydrogen-bond donors (Lipinski definition) is 1. The summed E-state index contributed by atoms with van der Waals surface area (Å²) in [4.78, 5) is 29.3. The number of anilines is 2. The zero-order valence-electron chi connectivity index (χ0n) is 18.1. The number of carbonyl (C=O) groups excluding carboxylic acids is 2. The van der Waals surface area contributed by atoms with Gasteiger partial charge in [0.15, 0.2) is 5.11 Å². The first-order valence-corrected chi connectivity index (χ1v) is 10.6. The second-order valence-electron chi connectivity index (χ2n) is 7.38. The first-order chi connectivity index (χ1) is 14.8. The van der Waals surface area contributed by atoms with Crippen molar-refractivity contribution in [2.24, 2.45) is 0 Å². The van der Waals surface area contributed by atoms with Crippen LogP contribution >= 0.6 is 12.2 Å². The normalized spacial score (nSPS) is 16.1. The predicted molar refractivity (Wildman–Crippen MR) is 125 cm³/mol. The van der Waals surface area contributed by atoms with Crippen molar-refractivity contribution in [3.05, 3.63) is 48.5 Å². The number of rotatable bonds is 8. The van der Waals surface area contributed by atoms with E-state index in [-0.39, 0.29) is 24.3 Å². The molecule has 1 heterocycles. The maximum Gasteiger partial charge on any atom is 0.256 e. The standard InChI is InChI=1S/C23H27N3O4S/c1-5-30-19-10-6-16(7-11-19)24-21(27)14-20-22(28)26(23(31)25(20)15(2)3)17-8-12-18(29-4)13-9-17/h6-13,15,20H,5,14H2,1-4H3,(H,24,27)/t20-/m0/s1. The van der Waals surface area contributed by atoms with Crippen LogP contribution in [0.2, 0.25) is 0 Å². The van der Waals surface area contributed by atoms with Crippen LogP contribution in [0.1, 0.15) is 27.2 Å². The van der Waals surface area contributed by atoms with Crippen LogP contribution in [0.4, 0.5) is 11.4 Å². The molecule has 3 rings (SSSR count). The van der Waals surface area contributed by atoms with Crippen LogP contribution in [-0.4, -0.2) is 47.6 Å². The second-order valence-corrected chi connectivity index (χ2v) is 7.75. The van der Waals surface area contributed by atoms with Crippen LogP contribution in [0, 0.1) is 0 Å². The van der Waals surface area contributed by atoms with Crippen molar-refractivity contribution in [1.82, 2.24) is 4.90 Å². The van der Waals surface area contributed by atoms with Crippen LogP contribution in [0.5, 0.6) is 11.5 Å². The minimum Gasteiger partial charge on any atom is -0.497 e. The third kappa shape index (κ3) is 4.96. The van der Waals surface area contributed by atoms with Gasteiger partial charge < -0.3 is 19.7 Å². The molecule has 0 saturated carbocycles. The highest BCUT2D eigenvalue weighted by Crippen LogP contribution is 2.30. The minimum absolute atomic E-state index is 0.00296. The van der Waals surface area contributed by atoms with Crippen molar-refractivity contribution in [1.29, 1.82) is 0 Å². The van der Waals surface area contributed by atoms with Gasteiger partial charge in [0.05, 0.1) is 25.8 Å². The third-order valence-corrected chi connectivity index (χ3v) is 5.36. The summed E-state index contributed by atoms with van der Waals surface area (Å²) in [6.07, 6.45) is -0.00296. The summed E-state index contributed by atoms with van der Waals surface area (Å²) in [7, 11) is 1.58. The molecule has 1 saturated heterocycles. The molecule has 0 spiro atoms. The van der Waals surface area contributed by atoms with Gasteiger partial charge in [-0.15, -0.1) is 0 Å². The fourth-order valence-electron chi connectivity index (χ4n) is 3.54. The molecule has 1 aliphatic heterocycles. The first-order valence-electron chi connectivity index (χ1n) is 10.2. The SMILES string of the molecule is CCOc1ccc(NC(=O)C[C@H]2C(=O)N(c3ccc(OC)cc3)C(=S)N2C(C)C)cc1. The van der Waals surface area contributed by atoms with Gasteiger partial charge >= 0.3 is 0 Å². The number of nitrogens with one attached hydrogen (secondary N) is 1. The third-order valence-electron chi connectivity index (χ3n) is 4.97. The van der Waals surface area contributed by atoms with Gasteiger partial charge in [0, 0.05) is 11.7 Å². The lowest BCUT2D eigenvalue weighted by molar-refractivity contribution is -0.124. The van der Waals surface area contributed by atoms with E-state index < -0.39 is 6.04 Å². The zero-order valence-corrected chi connectivity index (χ0v) is 18.9. The van der Waals surface area contributed by atoms with Gasteiger partial charge in [0.1, 0.15) is 17.5 Å². The van der Waals surface area contributed by atoms with Crippen molar-refractivity contribution in [3.8, 4) is 11.5 Å². The maximum absolute atomic E-state index is 13.3. The smallest absolute Gasteiger partial charge is 0.256 e. The number of carbonyl (C=O) groups is 2. The van der Waals surface area contributed by atoms with E-state index in [4.69, 9.17) is 21.7 Å². The van der Waals surface area contributed by atoms with Gasteiger partial charge in [-0.1, -0.05) is 0 Å². The molecule has 0 radical (unpaired) electrons. The largest absolute Gasteiger partial charge is 0.497 e. The summed E-state index contributed by atoms with van der Waals surface area (Å²) in [5.74, 6) is 0.949. The molecule has 1 atom stereocenters. The monoisotopic (exact) mass is 441 g/mol. The lowest BCUT2D eigenvalue weighted by atomic mass is 10.1. The zero-order chi connectivity index (χ0) is 22.5. The van der Waals surface area contributed by atoms with Gasteiger partial charge in [-0.25, -0.2) is 0 Å². The number of benzene rings is 2. The van der Waals surface area contributed by atoms with Gasteiger partial charge in [-0.05, 0) is 81.5 Å². The summed E-state index contributed by atoms with van der Waals surface area (Å²) in [6.45, 7) is 6.39. The van der Waals surface area contributed by atoms with Crippen LogP contribution in [-0.2, 0) is 9.59 Å². The molecule has 0 bridgehead atoms. The number of methoxy groups -OCH3 is 1. The molecule has 0 aliphatic carbocycles. The molecular weight excluding hydrogens is 414 g/mol. The Morgan fingerprint density at radius 1 is 1.10 bits per heavy atom. The van der Waals surface area contributed by atoms with Crippen LogP contribution in [0.25, 0.3) is 0 Å². The van der Waals surface area contributed by atoms with E-state index in [0.29, 0.717) is 28.8 Å². The quantitative estimate of drug-likeness (QED) is 0.628. The van der Waals surface area contributed by atoms with Crippen molar-refractivity contribution in [2.45, 2.75) is 39.3 Å². The Hall–Kier alpha value is -3.13. The Balaban J connectivity index is 1.75. The van der Waals surface area contributed by atoms with E-state index in [0.717, 1.165) is 5.75 Å². The van der Waals surface area contributed by atoms with Crippen LogP contribution in [0.3, 0.4) is 0 Å². The van der Waals surface area contributed by atoms with E-state index in [1.165, 1.54) is 4.90 Å². The van der Waals surface area contributed by atoms with Gasteiger partial charge in [-0.2, -0.15) is 0 Å². The van der Waals surface area contributed by atoms with Crippen LogP contribution < -0.4 is 19.7 Å². The molecular formula is C23H27N3O4S. The van der Waals surface area contributed by atoms with E-state index in [9.17, 15) is 9.59 Å². The maximum atomic E-state index is 13.3. The molecule has 0 unspecified atom stereocenters. The summed E-state index contributed by atoms with van der Waals surface area (Å²) < 4.78 is 10.6. The van der Waals surface area contributed by atoms with Gasteiger partial charge in [0.2, 0.25) is 5.91 Å². The Morgan fingerprint density at radius 2 is 1.71 bits per heavy atom. The van der Waals surface area contributed by atoms with E-state index in [2.05, 4.69) is 5.32 Å². The molecule has 31 heavy (non-hydrogen) atoms. The molecule has 1 N–H and O–H groups in total. The number of thiocarbonyl (C=S) groups is 1. The molecule has 2 aromatic carbocycles. The lowest BCUT2D eigenvalue weighted by Gasteiger charge is -2.27. The number of nitrogens with zero attached hydrogens (tertiary/aromatic N) is 2. The molecule has 1 aliphatic rings. The Morgan fingerprint density at radius 3 is 2.26 bits per heavy atom. The van der Waals surface area contributed by atoms with Crippen molar-refractivity contribution in [3.63, 3.8) is 0 Å². The molecule has 2 aromatic rings. The van der Waals surface area contributed by atoms with Crippen molar-refractivity contribution in [2.75, 3.05) is 23.9 Å². The van der Waals surface area contributed by atoms with E-state index in [1.54, 1.807) is 55.6 Å². The minimum atomic E-state index is -0.669. The Labute approximate surface area is 187 Å². The van der Waals surface area contributed by atoms with Crippen molar-refractivity contribution < 1.29 is 19.1 Å². The molecule has 1 fully saturated rings. The summed E-state index contributed by atoms with van der Waals surface area (Å²) >= 11 is 5.61. The highest BCUT2D eigenvalue weighted by Gasteiger charge is 2.45. The number of ether oxygens (including phenoxy) is 2. The molecule has 8 heteroatoms. The molecule has 164 valence electrons. The van der Waals surface area contributed by atoms with E-state index in [1.807, 2.05) is 25.7 Å². The summed E-state index contributed by atoms with van der Waals surface area (Å²) in [5.41, 5.74) is 1.29. The van der Waals surface area contributed by atoms with Gasteiger partial charge in [-0.3, -0.25) is 14.5 Å². The fourth-order valence-corrected chi connectivity index (χ4v) is 4.07. The van der Waals surface area contributed by atoms with Crippen molar-refractivity contribution >= 4 is 40.5 Å². The highest BCUT2D eigenvalue weighted by atomic mass is 32.1. The lowest BCUT2D eigenvalue weighted by Crippen LogP contribution is -2.42. The first kappa shape index (κ1) is 22.6. The van der Waals surface area contributed by atoms with Crippen LogP contribution in [0.15, 0.2) is 48.5 Å². The summed E-state index contributed by atoms with van der Waals surface area (Å²) in [6, 6.07) is 13.5. The van der Waals surface area contributed by atoms with Gasteiger partial charge in [0.25, 0.3) is 5.91 Å². The second kappa shape index (κ2) is 9.78. The molecule has 7 nitrogen and oxygen atoms in total. The predicted octanol–water partition coefficient (Wildman–Crippen LogP) is 3.83. The average Bonchev–Trinajstić information content (AvgIpc) is 2.99. The Kier molecular flexibility index (Phi) is 7.12. The average molecular weight is 442 g/mol. The molecule has 2 amide bonds. The fraction of sp³-hybridized carbons (Fsp3) is 0.348. The Bertz CT molecular complexity index is 944. The summed E-state index contributed by atoms with van der Waals surface area (Å²) in [5, 5.41) is 3.24. The number of amides is 2.